The summed E-state index contributed by atoms with van der Waals surface area (Å²) in [6.45, 7) is 2.64. The predicted molar refractivity (Wildman–Crippen MR) is 96.1 cm³/mol. The molecule has 1 aromatic heterocycles. The highest BCUT2D eigenvalue weighted by atomic mass is 35.5. The third kappa shape index (κ3) is 3.97. The number of nitrogens with one attached hydrogen (secondary N) is 1. The van der Waals surface area contributed by atoms with Crippen molar-refractivity contribution >= 4 is 29.0 Å². The zero-order valence-electron chi connectivity index (χ0n) is 12.6. The van der Waals surface area contributed by atoms with Gasteiger partial charge < -0.3 is 10.2 Å². The molecule has 0 aliphatic carbocycles. The SMILES string of the molecule is C#Cc1ccc(N2CCC(NCc3ccc(Cl)cc3Cl)C2)nc1. The summed E-state index contributed by atoms with van der Waals surface area (Å²) >= 11 is 12.1. The van der Waals surface area contributed by atoms with Gasteiger partial charge in [-0.1, -0.05) is 35.2 Å². The van der Waals surface area contributed by atoms with E-state index in [1.165, 1.54) is 0 Å². The van der Waals surface area contributed by atoms with E-state index in [1.807, 2.05) is 24.3 Å². The fraction of sp³-hybridized carbons (Fsp3) is 0.278. The molecule has 5 heteroatoms. The van der Waals surface area contributed by atoms with Crippen molar-refractivity contribution in [2.75, 3.05) is 18.0 Å². The minimum atomic E-state index is 0.413. The van der Waals surface area contributed by atoms with Gasteiger partial charge >= 0.3 is 0 Å². The number of terminal acetylenes is 1. The molecule has 1 saturated heterocycles. The lowest BCUT2D eigenvalue weighted by Gasteiger charge is -2.18. The summed E-state index contributed by atoms with van der Waals surface area (Å²) < 4.78 is 0. The largest absolute Gasteiger partial charge is 0.355 e. The van der Waals surface area contributed by atoms with Crippen LogP contribution in [0.3, 0.4) is 0 Å². The Bertz CT molecular complexity index is 722. The van der Waals surface area contributed by atoms with Gasteiger partial charge in [-0.15, -0.1) is 6.42 Å². The molecule has 23 heavy (non-hydrogen) atoms. The number of halogens is 2. The normalized spacial score (nSPS) is 17.3. The highest BCUT2D eigenvalue weighted by Crippen LogP contribution is 2.22. The van der Waals surface area contributed by atoms with Crippen LogP contribution in [-0.2, 0) is 6.54 Å². The van der Waals surface area contributed by atoms with E-state index in [0.29, 0.717) is 16.1 Å². The Morgan fingerprint density at radius 3 is 2.87 bits per heavy atom. The molecular weight excluding hydrogens is 329 g/mol. The summed E-state index contributed by atoms with van der Waals surface area (Å²) in [5, 5.41) is 4.91. The summed E-state index contributed by atoms with van der Waals surface area (Å²) in [5.74, 6) is 3.56. The van der Waals surface area contributed by atoms with Gasteiger partial charge in [-0.3, -0.25) is 0 Å². The second-order valence-electron chi connectivity index (χ2n) is 5.60. The number of aromatic nitrogens is 1. The van der Waals surface area contributed by atoms with Crippen LogP contribution < -0.4 is 10.2 Å². The van der Waals surface area contributed by atoms with Crippen molar-refractivity contribution in [1.29, 1.82) is 0 Å². The first kappa shape index (κ1) is 16.1. The zero-order valence-corrected chi connectivity index (χ0v) is 14.1. The number of hydrogen-bond donors (Lipinski definition) is 1. The van der Waals surface area contributed by atoms with Gasteiger partial charge in [0.25, 0.3) is 0 Å². The molecule has 1 fully saturated rings. The van der Waals surface area contributed by atoms with Crippen LogP contribution in [-0.4, -0.2) is 24.1 Å². The molecule has 3 nitrogen and oxygen atoms in total. The lowest BCUT2D eigenvalue weighted by Crippen LogP contribution is -2.32. The van der Waals surface area contributed by atoms with Crippen LogP contribution in [0.4, 0.5) is 5.82 Å². The van der Waals surface area contributed by atoms with Crippen molar-refractivity contribution in [2.45, 2.75) is 19.0 Å². The molecule has 0 saturated carbocycles. The molecule has 1 aliphatic rings. The van der Waals surface area contributed by atoms with Crippen LogP contribution in [0.2, 0.25) is 10.0 Å². The van der Waals surface area contributed by atoms with E-state index < -0.39 is 0 Å². The molecule has 1 N–H and O–H groups in total. The maximum Gasteiger partial charge on any atom is 0.128 e. The Hall–Kier alpha value is -1.73. The second kappa shape index (κ2) is 7.23. The van der Waals surface area contributed by atoms with Crippen LogP contribution >= 0.6 is 23.2 Å². The Morgan fingerprint density at radius 2 is 2.17 bits per heavy atom. The lowest BCUT2D eigenvalue weighted by molar-refractivity contribution is 0.551. The average molecular weight is 346 g/mol. The Kier molecular flexibility index (Phi) is 5.07. The molecule has 118 valence electrons. The van der Waals surface area contributed by atoms with E-state index in [0.717, 1.165) is 43.0 Å². The smallest absolute Gasteiger partial charge is 0.128 e. The molecule has 3 rings (SSSR count). The van der Waals surface area contributed by atoms with Crippen molar-refractivity contribution in [3.8, 4) is 12.3 Å². The molecule has 0 amide bonds. The third-order valence-corrected chi connectivity index (χ3v) is 4.61. The Balaban J connectivity index is 1.56. The molecule has 0 radical (unpaired) electrons. The van der Waals surface area contributed by atoms with Crippen molar-refractivity contribution in [3.05, 3.63) is 57.7 Å². The second-order valence-corrected chi connectivity index (χ2v) is 6.44. The highest BCUT2D eigenvalue weighted by molar-refractivity contribution is 6.35. The maximum atomic E-state index is 6.21. The topological polar surface area (TPSA) is 28.2 Å². The van der Waals surface area contributed by atoms with Crippen LogP contribution in [0.1, 0.15) is 17.5 Å². The van der Waals surface area contributed by atoms with Crippen LogP contribution in [0.15, 0.2) is 36.5 Å². The first-order chi connectivity index (χ1) is 11.2. The van der Waals surface area contributed by atoms with Gasteiger partial charge in [0.05, 0.1) is 0 Å². The molecule has 2 heterocycles. The number of pyridine rings is 1. The number of anilines is 1. The average Bonchev–Trinajstić information content (AvgIpc) is 3.03. The molecule has 1 aliphatic heterocycles. The van der Waals surface area contributed by atoms with Crippen molar-refractivity contribution in [2.24, 2.45) is 0 Å². The number of rotatable bonds is 4. The molecule has 1 unspecified atom stereocenters. The number of hydrogen-bond acceptors (Lipinski definition) is 3. The Morgan fingerprint density at radius 1 is 1.30 bits per heavy atom. The minimum absolute atomic E-state index is 0.413. The molecule has 0 bridgehead atoms. The lowest BCUT2D eigenvalue weighted by atomic mass is 10.2. The van der Waals surface area contributed by atoms with E-state index in [2.05, 4.69) is 21.1 Å². The summed E-state index contributed by atoms with van der Waals surface area (Å²) in [7, 11) is 0. The standard InChI is InChI=1S/C18H17Cl2N3/c1-2-13-3-6-18(22-10-13)23-8-7-16(12-23)21-11-14-4-5-15(19)9-17(14)20/h1,3-6,9-10,16,21H,7-8,11-12H2. The summed E-state index contributed by atoms with van der Waals surface area (Å²) in [6.07, 6.45) is 8.17. The van der Waals surface area contributed by atoms with Crippen molar-refractivity contribution in [1.82, 2.24) is 10.3 Å². The highest BCUT2D eigenvalue weighted by Gasteiger charge is 2.23. The van der Waals surface area contributed by atoms with Gasteiger partial charge in [0.2, 0.25) is 0 Å². The van der Waals surface area contributed by atoms with E-state index in [4.69, 9.17) is 29.6 Å². The summed E-state index contributed by atoms with van der Waals surface area (Å²) in [5.41, 5.74) is 1.87. The van der Waals surface area contributed by atoms with E-state index in [9.17, 15) is 0 Å². The van der Waals surface area contributed by atoms with Gasteiger partial charge in [-0.2, -0.15) is 0 Å². The monoisotopic (exact) mass is 345 g/mol. The first-order valence-corrected chi connectivity index (χ1v) is 8.26. The first-order valence-electron chi connectivity index (χ1n) is 7.50. The quantitative estimate of drug-likeness (QED) is 0.855. The van der Waals surface area contributed by atoms with Crippen molar-refractivity contribution < 1.29 is 0 Å². The fourth-order valence-corrected chi connectivity index (χ4v) is 3.19. The molecule has 0 spiro atoms. The van der Waals surface area contributed by atoms with E-state index in [1.54, 1.807) is 12.3 Å². The molecule has 2 aromatic rings. The molecule has 1 atom stereocenters. The van der Waals surface area contributed by atoms with Gasteiger partial charge in [0, 0.05) is 47.5 Å². The van der Waals surface area contributed by atoms with Crippen molar-refractivity contribution in [3.63, 3.8) is 0 Å². The van der Waals surface area contributed by atoms with E-state index >= 15 is 0 Å². The van der Waals surface area contributed by atoms with Crippen LogP contribution in [0, 0.1) is 12.3 Å². The Labute approximate surface area is 146 Å². The van der Waals surface area contributed by atoms with Gasteiger partial charge in [0.15, 0.2) is 0 Å². The third-order valence-electron chi connectivity index (χ3n) is 4.02. The molecule has 1 aromatic carbocycles. The fourth-order valence-electron chi connectivity index (χ4n) is 2.71. The molecular formula is C18H17Cl2N3. The summed E-state index contributed by atoms with van der Waals surface area (Å²) in [4.78, 5) is 6.69. The minimum Gasteiger partial charge on any atom is -0.355 e. The maximum absolute atomic E-state index is 6.21. The van der Waals surface area contributed by atoms with Crippen LogP contribution in [0.5, 0.6) is 0 Å². The van der Waals surface area contributed by atoms with Gasteiger partial charge in [-0.05, 0) is 36.2 Å². The number of nitrogens with zero attached hydrogens (tertiary/aromatic N) is 2. The van der Waals surface area contributed by atoms with Crippen LogP contribution in [0.25, 0.3) is 0 Å². The predicted octanol–water partition coefficient (Wildman–Crippen LogP) is 3.74. The van der Waals surface area contributed by atoms with Gasteiger partial charge in [0.1, 0.15) is 5.82 Å². The number of benzene rings is 1. The summed E-state index contributed by atoms with van der Waals surface area (Å²) in [6, 6.07) is 9.92. The van der Waals surface area contributed by atoms with E-state index in [-0.39, 0.29) is 0 Å². The zero-order chi connectivity index (χ0) is 16.2. The van der Waals surface area contributed by atoms with Gasteiger partial charge in [-0.25, -0.2) is 4.98 Å².